The molecule has 0 aliphatic rings. The van der Waals surface area contributed by atoms with Crippen LogP contribution in [-0.2, 0) is 9.53 Å². The summed E-state index contributed by atoms with van der Waals surface area (Å²) in [5.74, 6) is -1.72. The summed E-state index contributed by atoms with van der Waals surface area (Å²) in [7, 11) is 0. The summed E-state index contributed by atoms with van der Waals surface area (Å²) >= 11 is 0. The Morgan fingerprint density at radius 3 is 2.30 bits per heavy atom. The fourth-order valence-corrected chi connectivity index (χ4v) is 3.93. The number of ether oxygens (including phenoxy) is 1. The first-order valence-corrected chi connectivity index (χ1v) is 10.6. The van der Waals surface area contributed by atoms with Crippen LogP contribution < -0.4 is 0 Å². The van der Waals surface area contributed by atoms with Crippen molar-refractivity contribution in [2.24, 2.45) is 0 Å². The van der Waals surface area contributed by atoms with E-state index in [2.05, 4.69) is 0 Å². The van der Waals surface area contributed by atoms with Crippen molar-refractivity contribution in [2.75, 3.05) is 13.2 Å². The minimum absolute atomic E-state index is 0.0957. The van der Waals surface area contributed by atoms with Gasteiger partial charge in [0.2, 0.25) is 12.6 Å². The number of hydrogen-bond donors (Lipinski definition) is 0. The van der Waals surface area contributed by atoms with Gasteiger partial charge in [-0.25, -0.2) is 4.79 Å². The lowest BCUT2D eigenvalue weighted by Gasteiger charge is -2.20. The lowest BCUT2D eigenvalue weighted by molar-refractivity contribution is -0.546. The molecule has 2 atom stereocenters. The molecule has 170 valence electrons. The maximum absolute atomic E-state index is 12.7. The number of benzene rings is 3. The molecule has 33 heavy (non-hydrogen) atoms. The molecule has 3 aromatic rings. The van der Waals surface area contributed by atoms with Crippen molar-refractivity contribution >= 4 is 22.8 Å². The van der Waals surface area contributed by atoms with Gasteiger partial charge in [0, 0.05) is 21.8 Å². The number of nitro groups is 2. The third-order valence-electron chi connectivity index (χ3n) is 5.41. The highest BCUT2D eigenvalue weighted by Gasteiger charge is 2.39. The highest BCUT2D eigenvalue weighted by Crippen LogP contribution is 2.32. The summed E-state index contributed by atoms with van der Waals surface area (Å²) in [6.07, 6.45) is 1.24. The van der Waals surface area contributed by atoms with Gasteiger partial charge in [0.05, 0.1) is 6.61 Å². The molecule has 0 fully saturated rings. The predicted octanol–water partition coefficient (Wildman–Crippen LogP) is 4.88. The van der Waals surface area contributed by atoms with Gasteiger partial charge in [-0.3, -0.25) is 20.2 Å². The molecule has 0 saturated heterocycles. The van der Waals surface area contributed by atoms with Gasteiger partial charge in [0.1, 0.15) is 5.92 Å². The first-order chi connectivity index (χ1) is 15.9. The summed E-state index contributed by atoms with van der Waals surface area (Å²) in [6.45, 7) is 1.12. The maximum Gasteiger partial charge on any atom is 0.334 e. The van der Waals surface area contributed by atoms with Crippen LogP contribution in [0.3, 0.4) is 0 Å². The lowest BCUT2D eigenvalue weighted by atomic mass is 9.84. The van der Waals surface area contributed by atoms with E-state index in [9.17, 15) is 25.0 Å². The number of rotatable bonds is 10. The molecule has 0 aliphatic carbocycles. The van der Waals surface area contributed by atoms with Crippen LogP contribution in [0.5, 0.6) is 0 Å². The molecular formula is C25H24N2O6. The van der Waals surface area contributed by atoms with Gasteiger partial charge in [-0.1, -0.05) is 72.8 Å². The Labute approximate surface area is 190 Å². The second-order valence-electron chi connectivity index (χ2n) is 7.55. The van der Waals surface area contributed by atoms with Crippen LogP contribution in [0, 0.1) is 20.2 Å². The average Bonchev–Trinajstić information content (AvgIpc) is 2.80. The molecule has 0 saturated carbocycles. The molecule has 0 bridgehead atoms. The van der Waals surface area contributed by atoms with Crippen LogP contribution in [0.1, 0.15) is 30.4 Å². The van der Waals surface area contributed by atoms with E-state index in [1.807, 2.05) is 24.3 Å². The number of nitrogens with zero attached hydrogens (tertiary/aromatic N) is 2. The van der Waals surface area contributed by atoms with E-state index in [4.69, 9.17) is 4.74 Å². The van der Waals surface area contributed by atoms with E-state index in [-0.39, 0.29) is 18.6 Å². The Kier molecular flexibility index (Phi) is 7.86. The zero-order valence-electron chi connectivity index (χ0n) is 18.1. The van der Waals surface area contributed by atoms with Crippen LogP contribution in [0.4, 0.5) is 0 Å². The molecule has 0 heterocycles. The highest BCUT2D eigenvalue weighted by atomic mass is 16.6. The van der Waals surface area contributed by atoms with Crippen LogP contribution in [0.15, 0.2) is 78.4 Å². The molecule has 0 unspecified atom stereocenters. The fourth-order valence-electron chi connectivity index (χ4n) is 3.93. The third kappa shape index (κ3) is 6.00. The summed E-state index contributed by atoms with van der Waals surface area (Å²) in [6, 6.07) is 20.0. The van der Waals surface area contributed by atoms with Crippen molar-refractivity contribution < 1.29 is 19.4 Å². The zero-order valence-corrected chi connectivity index (χ0v) is 18.1. The molecule has 8 heteroatoms. The molecule has 3 rings (SSSR count). The Morgan fingerprint density at radius 1 is 0.970 bits per heavy atom. The molecular weight excluding hydrogens is 424 g/mol. The smallest absolute Gasteiger partial charge is 0.334 e. The normalized spacial score (nSPS) is 13.3. The third-order valence-corrected chi connectivity index (χ3v) is 5.41. The molecule has 0 amide bonds. The van der Waals surface area contributed by atoms with Crippen LogP contribution in [0.2, 0.25) is 0 Å². The van der Waals surface area contributed by atoms with Gasteiger partial charge >= 0.3 is 5.97 Å². The van der Waals surface area contributed by atoms with Gasteiger partial charge in [-0.2, -0.15) is 0 Å². The number of carbonyl (C=O) groups excluding carboxylic acids is 1. The number of carbonyl (C=O) groups is 1. The van der Waals surface area contributed by atoms with Gasteiger partial charge < -0.3 is 4.74 Å². The Morgan fingerprint density at radius 2 is 1.64 bits per heavy atom. The topological polar surface area (TPSA) is 113 Å². The van der Waals surface area contributed by atoms with Crippen molar-refractivity contribution in [3.63, 3.8) is 0 Å². The maximum atomic E-state index is 12.7. The second kappa shape index (κ2) is 11.0. The quantitative estimate of drug-likeness (QED) is 0.189. The Bertz CT molecular complexity index is 1170. The number of fused-ring (bicyclic) bond motifs is 1. The van der Waals surface area contributed by atoms with Crippen LogP contribution >= 0.6 is 0 Å². The van der Waals surface area contributed by atoms with E-state index in [0.717, 1.165) is 5.39 Å². The number of hydrogen-bond acceptors (Lipinski definition) is 6. The van der Waals surface area contributed by atoms with E-state index in [1.54, 1.807) is 61.5 Å². The van der Waals surface area contributed by atoms with Crippen molar-refractivity contribution in [2.45, 2.75) is 25.3 Å². The SMILES string of the molecule is CCOC(=O)/C(=C/c1ccccc1)C[C@@H]([C@@H](C[N+](=O)[O-])c1cccc2ccccc12)[N+](=O)[O-]. The standard InChI is InChI=1S/C25H24N2O6/c1-2-33-25(28)20(15-18-9-4-3-5-10-18)16-24(27(31)32)23(17-26(29)30)22-14-8-12-19-11-6-7-13-21(19)22/h3-15,23-24H,2,16-17H2,1H3/b20-15+/t23-,24-/m0/s1. The van der Waals surface area contributed by atoms with Crippen molar-refractivity contribution in [3.05, 3.63) is 110 Å². The first-order valence-electron chi connectivity index (χ1n) is 10.6. The van der Waals surface area contributed by atoms with Crippen molar-refractivity contribution in [3.8, 4) is 0 Å². The van der Waals surface area contributed by atoms with Gasteiger partial charge in [0.25, 0.3) is 0 Å². The lowest BCUT2D eigenvalue weighted by Crippen LogP contribution is -2.34. The fraction of sp³-hybridized carbons (Fsp3) is 0.240. The molecule has 3 aromatic carbocycles. The zero-order chi connectivity index (χ0) is 23.8. The molecule has 0 spiro atoms. The van der Waals surface area contributed by atoms with E-state index in [0.29, 0.717) is 16.5 Å². The summed E-state index contributed by atoms with van der Waals surface area (Å²) in [5.41, 5.74) is 1.28. The molecule has 0 aliphatic heterocycles. The van der Waals surface area contributed by atoms with Gasteiger partial charge in [-0.05, 0) is 34.9 Å². The van der Waals surface area contributed by atoms with E-state index in [1.165, 1.54) is 0 Å². The van der Waals surface area contributed by atoms with Crippen molar-refractivity contribution in [1.29, 1.82) is 0 Å². The van der Waals surface area contributed by atoms with Gasteiger partial charge in [0.15, 0.2) is 0 Å². The molecule has 0 N–H and O–H groups in total. The molecule has 8 nitrogen and oxygen atoms in total. The second-order valence-corrected chi connectivity index (χ2v) is 7.55. The molecule has 0 aromatic heterocycles. The summed E-state index contributed by atoms with van der Waals surface area (Å²) in [5, 5.41) is 25.3. The first kappa shape index (κ1) is 23.6. The summed E-state index contributed by atoms with van der Waals surface area (Å²) < 4.78 is 5.13. The molecule has 0 radical (unpaired) electrons. The minimum Gasteiger partial charge on any atom is -0.463 e. The highest BCUT2D eigenvalue weighted by molar-refractivity contribution is 5.94. The predicted molar refractivity (Wildman–Crippen MR) is 125 cm³/mol. The summed E-state index contributed by atoms with van der Waals surface area (Å²) in [4.78, 5) is 35.3. The van der Waals surface area contributed by atoms with E-state index < -0.39 is 34.3 Å². The monoisotopic (exact) mass is 448 g/mol. The van der Waals surface area contributed by atoms with Crippen LogP contribution in [-0.4, -0.2) is 35.0 Å². The van der Waals surface area contributed by atoms with Crippen LogP contribution in [0.25, 0.3) is 16.8 Å². The average molecular weight is 448 g/mol. The number of esters is 1. The minimum atomic E-state index is -1.40. The Balaban J connectivity index is 2.09. The Hall–Kier alpha value is -4.07. The van der Waals surface area contributed by atoms with Crippen molar-refractivity contribution in [1.82, 2.24) is 0 Å². The van der Waals surface area contributed by atoms with E-state index >= 15 is 0 Å². The largest absolute Gasteiger partial charge is 0.463 e. The van der Waals surface area contributed by atoms with Gasteiger partial charge in [-0.15, -0.1) is 0 Å².